The van der Waals surface area contributed by atoms with E-state index in [-0.39, 0.29) is 36.4 Å². The third-order valence-corrected chi connectivity index (χ3v) is 5.84. The number of hydrogen-bond acceptors (Lipinski definition) is 4. The maximum Gasteiger partial charge on any atom is 0.243 e. The summed E-state index contributed by atoms with van der Waals surface area (Å²) in [5.41, 5.74) is 2.03. The maximum atomic E-state index is 12.2. The number of guanidine groups is 1. The topological polar surface area (TPSA) is 68.8 Å². The quantitative estimate of drug-likeness (QED) is 0.305. The minimum absolute atomic E-state index is 0. The molecule has 1 aliphatic rings. The third kappa shape index (κ3) is 7.18. The lowest BCUT2D eigenvalue weighted by Gasteiger charge is -2.33. The molecule has 0 spiro atoms. The number of amides is 1. The maximum absolute atomic E-state index is 12.2. The van der Waals surface area contributed by atoms with Gasteiger partial charge in [0.2, 0.25) is 5.91 Å². The van der Waals surface area contributed by atoms with Crippen LogP contribution in [0.2, 0.25) is 0 Å². The lowest BCUT2D eigenvalue weighted by Crippen LogP contribution is -2.49. The molecule has 1 fully saturated rings. The van der Waals surface area contributed by atoms with Gasteiger partial charge in [-0.15, -0.1) is 35.3 Å². The number of aryl methyl sites for hydroxylation is 1. The van der Waals surface area contributed by atoms with Crippen molar-refractivity contribution < 1.29 is 4.79 Å². The number of aliphatic imine (C=N–C) groups is 1. The van der Waals surface area contributed by atoms with E-state index in [1.165, 1.54) is 10.6 Å². The number of rotatable bonds is 6. The fourth-order valence-electron chi connectivity index (χ4n) is 3.32. The smallest absolute Gasteiger partial charge is 0.243 e. The number of carbonyl (C=O) groups is 1. The molecule has 2 heterocycles. The Morgan fingerprint density at radius 3 is 2.69 bits per heavy atom. The number of hydrogen-bond donors (Lipinski definition) is 3. The van der Waals surface area contributed by atoms with Gasteiger partial charge in [0.25, 0.3) is 0 Å². The number of anilines is 2. The minimum atomic E-state index is -0.0799. The molecule has 0 radical (unpaired) electrons. The summed E-state index contributed by atoms with van der Waals surface area (Å²) in [6.07, 6.45) is 3.05. The first-order valence-electron chi connectivity index (χ1n) is 9.82. The van der Waals surface area contributed by atoms with Gasteiger partial charge in [-0.1, -0.05) is 19.1 Å². The van der Waals surface area contributed by atoms with E-state index < -0.39 is 0 Å². The van der Waals surface area contributed by atoms with Gasteiger partial charge < -0.3 is 20.9 Å². The first-order valence-corrected chi connectivity index (χ1v) is 10.7. The second-order valence-corrected chi connectivity index (χ2v) is 7.81. The molecule has 3 N–H and O–H groups in total. The van der Waals surface area contributed by atoms with Gasteiger partial charge in [-0.2, -0.15) is 0 Å². The van der Waals surface area contributed by atoms with Crippen LogP contribution in [0, 0.1) is 0 Å². The zero-order valence-corrected chi connectivity index (χ0v) is 20.1. The summed E-state index contributed by atoms with van der Waals surface area (Å²) in [5.74, 6) is 0.593. The van der Waals surface area contributed by atoms with Crippen LogP contribution in [0.4, 0.5) is 10.7 Å². The van der Waals surface area contributed by atoms with Gasteiger partial charge in [-0.05, 0) is 54.5 Å². The van der Waals surface area contributed by atoms with Crippen molar-refractivity contribution in [3.63, 3.8) is 0 Å². The summed E-state index contributed by atoms with van der Waals surface area (Å²) in [6, 6.07) is 12.6. The van der Waals surface area contributed by atoms with E-state index in [1.807, 2.05) is 18.2 Å². The van der Waals surface area contributed by atoms with Crippen molar-refractivity contribution in [1.82, 2.24) is 10.6 Å². The Hall–Kier alpha value is -1.81. The van der Waals surface area contributed by atoms with Gasteiger partial charge in [0.1, 0.15) is 0 Å². The molecule has 1 aromatic carbocycles. The minimum Gasteiger partial charge on any atom is -0.363 e. The molecule has 0 atom stereocenters. The summed E-state index contributed by atoms with van der Waals surface area (Å²) in [7, 11) is 1.73. The van der Waals surface area contributed by atoms with E-state index in [2.05, 4.69) is 56.3 Å². The predicted molar refractivity (Wildman–Crippen MR) is 134 cm³/mol. The summed E-state index contributed by atoms with van der Waals surface area (Å²) in [5, 5.41) is 13.0. The molecule has 6 nitrogen and oxygen atoms in total. The van der Waals surface area contributed by atoms with Crippen LogP contribution in [0.3, 0.4) is 0 Å². The third-order valence-electron chi connectivity index (χ3n) is 4.91. The van der Waals surface area contributed by atoms with E-state index in [0.717, 1.165) is 38.0 Å². The van der Waals surface area contributed by atoms with E-state index in [1.54, 1.807) is 18.4 Å². The molecule has 0 bridgehead atoms. The largest absolute Gasteiger partial charge is 0.363 e. The Morgan fingerprint density at radius 1 is 1.24 bits per heavy atom. The highest BCUT2D eigenvalue weighted by atomic mass is 127. The molecule has 29 heavy (non-hydrogen) atoms. The van der Waals surface area contributed by atoms with Crippen LogP contribution in [-0.2, 0) is 11.2 Å². The van der Waals surface area contributed by atoms with Crippen LogP contribution in [0.15, 0.2) is 46.8 Å². The number of nitrogens with zero attached hydrogens (tertiary/aromatic N) is 2. The van der Waals surface area contributed by atoms with Gasteiger partial charge in [-0.25, -0.2) is 0 Å². The number of halogens is 1. The van der Waals surface area contributed by atoms with Gasteiger partial charge >= 0.3 is 0 Å². The molecule has 1 amide bonds. The average molecular weight is 527 g/mol. The fraction of sp³-hybridized carbons (Fsp3) is 0.429. The number of thiophene rings is 1. The Balaban J connectivity index is 0.00000300. The molecule has 1 saturated heterocycles. The molecule has 2 aromatic rings. The van der Waals surface area contributed by atoms with E-state index in [4.69, 9.17) is 0 Å². The van der Waals surface area contributed by atoms with Gasteiger partial charge in [0, 0.05) is 31.9 Å². The molecular formula is C21H30IN5OS. The zero-order chi connectivity index (χ0) is 19.8. The van der Waals surface area contributed by atoms with Crippen molar-refractivity contribution in [3.8, 4) is 0 Å². The van der Waals surface area contributed by atoms with Crippen LogP contribution in [0.25, 0.3) is 0 Å². The Kier molecular flexibility index (Phi) is 9.72. The second-order valence-electron chi connectivity index (χ2n) is 6.88. The number of nitrogens with one attached hydrogen (secondary N) is 3. The molecular weight excluding hydrogens is 497 g/mol. The van der Waals surface area contributed by atoms with Crippen LogP contribution in [0.1, 0.15) is 25.3 Å². The number of benzene rings is 1. The van der Waals surface area contributed by atoms with E-state index in [0.29, 0.717) is 12.0 Å². The van der Waals surface area contributed by atoms with Crippen molar-refractivity contribution in [3.05, 3.63) is 47.3 Å². The van der Waals surface area contributed by atoms with E-state index >= 15 is 0 Å². The van der Waals surface area contributed by atoms with Crippen molar-refractivity contribution in [2.45, 2.75) is 32.2 Å². The molecule has 158 valence electrons. The lowest BCUT2D eigenvalue weighted by atomic mass is 10.1. The molecule has 1 aliphatic heterocycles. The predicted octanol–water partition coefficient (Wildman–Crippen LogP) is 3.70. The molecule has 1 aromatic heterocycles. The fourth-order valence-corrected chi connectivity index (χ4v) is 4.11. The SMILES string of the molecule is CCc1cccc(NC(=O)CNC(=NC)NC2CCN(c3cccs3)CC2)c1.I. The highest BCUT2D eigenvalue weighted by molar-refractivity contribution is 14.0. The van der Waals surface area contributed by atoms with Crippen LogP contribution in [-0.4, -0.2) is 44.6 Å². The van der Waals surface area contributed by atoms with Crippen molar-refractivity contribution in [2.24, 2.45) is 4.99 Å². The Labute approximate surface area is 194 Å². The monoisotopic (exact) mass is 527 g/mol. The molecule has 3 rings (SSSR count). The van der Waals surface area contributed by atoms with Gasteiger partial charge in [0.15, 0.2) is 5.96 Å². The van der Waals surface area contributed by atoms with Crippen molar-refractivity contribution in [2.75, 3.05) is 36.9 Å². The first kappa shape index (κ1) is 23.5. The van der Waals surface area contributed by atoms with Crippen LogP contribution in [0.5, 0.6) is 0 Å². The normalized spacial score (nSPS) is 14.8. The van der Waals surface area contributed by atoms with Crippen LogP contribution >= 0.6 is 35.3 Å². The van der Waals surface area contributed by atoms with Crippen molar-refractivity contribution in [1.29, 1.82) is 0 Å². The summed E-state index contributed by atoms with van der Waals surface area (Å²) in [4.78, 5) is 18.9. The van der Waals surface area contributed by atoms with Gasteiger partial charge in [0.05, 0.1) is 11.5 Å². The molecule has 0 aliphatic carbocycles. The van der Waals surface area contributed by atoms with Gasteiger partial charge in [-0.3, -0.25) is 9.79 Å². The second kappa shape index (κ2) is 12.0. The highest BCUT2D eigenvalue weighted by Crippen LogP contribution is 2.24. The highest BCUT2D eigenvalue weighted by Gasteiger charge is 2.20. The molecule has 8 heteroatoms. The molecule has 0 unspecified atom stereocenters. The van der Waals surface area contributed by atoms with Crippen LogP contribution < -0.4 is 20.9 Å². The standard InChI is InChI=1S/C21H29N5OS.HI/c1-3-16-6-4-7-18(14-16)24-19(27)15-23-21(22-2)25-17-9-11-26(12-10-17)20-8-5-13-28-20;/h4-8,13-14,17H,3,9-12,15H2,1-2H3,(H,24,27)(H2,22,23,25);1H. The average Bonchev–Trinajstić information content (AvgIpc) is 3.26. The Morgan fingerprint density at radius 2 is 2.03 bits per heavy atom. The zero-order valence-electron chi connectivity index (χ0n) is 17.0. The lowest BCUT2D eigenvalue weighted by molar-refractivity contribution is -0.115. The molecule has 0 saturated carbocycles. The Bertz CT molecular complexity index is 788. The first-order chi connectivity index (χ1) is 13.7. The number of piperidine rings is 1. The summed E-state index contributed by atoms with van der Waals surface area (Å²) in [6.45, 7) is 4.35. The van der Waals surface area contributed by atoms with Crippen molar-refractivity contribution >= 4 is 57.9 Å². The van der Waals surface area contributed by atoms with E-state index in [9.17, 15) is 4.79 Å². The number of carbonyl (C=O) groups excluding carboxylic acids is 1. The summed E-state index contributed by atoms with van der Waals surface area (Å²) < 4.78 is 0. The summed E-state index contributed by atoms with van der Waals surface area (Å²) >= 11 is 1.79.